The van der Waals surface area contributed by atoms with Crippen LogP contribution in [0, 0.1) is 0 Å². The molecule has 5 aromatic rings. The second-order valence-electron chi connectivity index (χ2n) is 7.88. The molecule has 0 saturated carbocycles. The Kier molecular flexibility index (Phi) is 6.00. The predicted octanol–water partition coefficient (Wildman–Crippen LogP) is 4.81. The second kappa shape index (κ2) is 9.56. The number of aromatic carboxylic acids is 1. The van der Waals surface area contributed by atoms with Gasteiger partial charge in [-0.1, -0.05) is 54.6 Å². The van der Waals surface area contributed by atoms with Gasteiger partial charge in [-0.2, -0.15) is 0 Å². The highest BCUT2D eigenvalue weighted by molar-refractivity contribution is 5.88. The fraction of sp³-hybridized carbons (Fsp3) is 0.0741. The fourth-order valence-electron chi connectivity index (χ4n) is 3.83. The van der Waals surface area contributed by atoms with E-state index in [0.717, 1.165) is 33.3 Å². The molecule has 0 saturated heterocycles. The lowest BCUT2D eigenvalue weighted by Crippen LogP contribution is -2.07. The van der Waals surface area contributed by atoms with Gasteiger partial charge in [0.15, 0.2) is 5.82 Å². The number of benzene rings is 3. The third kappa shape index (κ3) is 4.77. The molecule has 172 valence electrons. The first kappa shape index (κ1) is 22.0. The van der Waals surface area contributed by atoms with E-state index < -0.39 is 5.97 Å². The summed E-state index contributed by atoms with van der Waals surface area (Å²) >= 11 is 0. The van der Waals surface area contributed by atoms with E-state index in [1.807, 2.05) is 66.7 Å². The van der Waals surface area contributed by atoms with E-state index in [0.29, 0.717) is 18.1 Å². The van der Waals surface area contributed by atoms with E-state index in [4.69, 9.17) is 4.74 Å². The van der Waals surface area contributed by atoms with Crippen molar-refractivity contribution in [2.45, 2.75) is 6.54 Å². The normalized spacial score (nSPS) is 11.2. The Morgan fingerprint density at radius 3 is 2.74 bits per heavy atom. The highest BCUT2D eigenvalue weighted by atomic mass is 16.5. The van der Waals surface area contributed by atoms with Crippen molar-refractivity contribution in [3.05, 3.63) is 101 Å². The number of para-hydroxylation sites is 1. The number of fused-ring (bicyclic) bond motifs is 1. The van der Waals surface area contributed by atoms with Crippen LogP contribution in [0.1, 0.15) is 27.2 Å². The van der Waals surface area contributed by atoms with Crippen LogP contribution in [-0.4, -0.2) is 43.4 Å². The zero-order chi connectivity index (χ0) is 24.2. The highest BCUT2D eigenvalue weighted by Crippen LogP contribution is 2.24. The zero-order valence-corrected chi connectivity index (χ0v) is 18.9. The summed E-state index contributed by atoms with van der Waals surface area (Å²) in [6.45, 7) is 0.326. The van der Waals surface area contributed by atoms with Gasteiger partial charge in [0.2, 0.25) is 0 Å². The van der Waals surface area contributed by atoms with Gasteiger partial charge in [-0.15, -0.1) is 5.10 Å². The van der Waals surface area contributed by atoms with Crippen molar-refractivity contribution in [3.8, 4) is 17.1 Å². The van der Waals surface area contributed by atoms with Crippen LogP contribution in [0.15, 0.2) is 78.9 Å². The molecule has 0 aliphatic rings. The molecule has 3 aromatic carbocycles. The number of ether oxygens (including phenoxy) is 1. The molecular weight excluding hydrogens is 442 g/mol. The second-order valence-corrected chi connectivity index (χ2v) is 7.88. The molecule has 2 aromatic heterocycles. The number of carbonyl (C=O) groups is 1. The predicted molar refractivity (Wildman–Crippen MR) is 133 cm³/mol. The number of tetrazole rings is 1. The van der Waals surface area contributed by atoms with Crippen molar-refractivity contribution in [1.82, 2.24) is 25.2 Å². The molecule has 0 atom stereocenters. The summed E-state index contributed by atoms with van der Waals surface area (Å²) in [6.07, 6.45) is 3.98. The quantitative estimate of drug-likeness (QED) is 0.369. The summed E-state index contributed by atoms with van der Waals surface area (Å²) in [6, 6.07) is 24.7. The van der Waals surface area contributed by atoms with Crippen LogP contribution in [0.2, 0.25) is 0 Å². The van der Waals surface area contributed by atoms with E-state index in [9.17, 15) is 9.90 Å². The van der Waals surface area contributed by atoms with Crippen LogP contribution < -0.4 is 4.74 Å². The Labute approximate surface area is 201 Å². The summed E-state index contributed by atoms with van der Waals surface area (Å²) in [5.74, 6) is 0.0427. The summed E-state index contributed by atoms with van der Waals surface area (Å²) in [7, 11) is 1.51. The molecule has 0 unspecified atom stereocenters. The van der Waals surface area contributed by atoms with Gasteiger partial charge in [-0.25, -0.2) is 14.5 Å². The SMILES string of the molecule is COc1cc(C(=O)O)ccc1Cn1nnnc1-c1cccc(/C=C/c2ccc3ccccc3n2)c1. The first-order valence-electron chi connectivity index (χ1n) is 10.9. The summed E-state index contributed by atoms with van der Waals surface area (Å²) in [5.41, 5.74) is 4.58. The average Bonchev–Trinajstić information content (AvgIpc) is 3.36. The average molecular weight is 463 g/mol. The van der Waals surface area contributed by atoms with Crippen molar-refractivity contribution in [2.75, 3.05) is 7.11 Å². The molecular formula is C27H21N5O3. The highest BCUT2D eigenvalue weighted by Gasteiger charge is 2.14. The van der Waals surface area contributed by atoms with Crippen LogP contribution in [0.3, 0.4) is 0 Å². The van der Waals surface area contributed by atoms with E-state index >= 15 is 0 Å². The van der Waals surface area contributed by atoms with E-state index in [1.165, 1.54) is 19.2 Å². The number of carboxylic acid groups (broad SMARTS) is 1. The lowest BCUT2D eigenvalue weighted by Gasteiger charge is -2.10. The minimum absolute atomic E-state index is 0.155. The molecule has 0 amide bonds. The van der Waals surface area contributed by atoms with E-state index in [2.05, 4.69) is 26.6 Å². The molecule has 0 fully saturated rings. The van der Waals surface area contributed by atoms with Gasteiger partial charge in [0.1, 0.15) is 5.75 Å². The number of hydrogen-bond acceptors (Lipinski definition) is 6. The van der Waals surface area contributed by atoms with Gasteiger partial charge in [0, 0.05) is 16.5 Å². The van der Waals surface area contributed by atoms with Gasteiger partial charge < -0.3 is 9.84 Å². The molecule has 0 aliphatic carbocycles. The van der Waals surface area contributed by atoms with E-state index in [-0.39, 0.29) is 5.56 Å². The molecule has 8 nitrogen and oxygen atoms in total. The first-order valence-corrected chi connectivity index (χ1v) is 10.9. The van der Waals surface area contributed by atoms with Gasteiger partial charge in [0.05, 0.1) is 30.4 Å². The van der Waals surface area contributed by atoms with Gasteiger partial charge >= 0.3 is 5.97 Å². The molecule has 5 rings (SSSR count). The molecule has 0 bridgehead atoms. The zero-order valence-electron chi connectivity index (χ0n) is 18.9. The standard InChI is InChI=1S/C27H21N5O3/c1-35-25-16-21(27(33)34)10-11-22(25)17-32-26(29-30-31-32)20-7-4-5-18(15-20)9-13-23-14-12-19-6-2-3-8-24(19)28-23/h2-16H,17H2,1H3,(H,33,34)/b13-9+. The molecule has 1 N–H and O–H groups in total. The molecule has 0 aliphatic heterocycles. The first-order chi connectivity index (χ1) is 17.1. The van der Waals surface area contributed by atoms with Crippen molar-refractivity contribution < 1.29 is 14.6 Å². The monoisotopic (exact) mass is 463 g/mol. The maximum Gasteiger partial charge on any atom is 0.335 e. The topological polar surface area (TPSA) is 103 Å². The summed E-state index contributed by atoms with van der Waals surface area (Å²) in [5, 5.41) is 22.5. The Balaban J connectivity index is 1.40. The Morgan fingerprint density at radius 2 is 1.89 bits per heavy atom. The minimum atomic E-state index is -1.01. The number of methoxy groups -OCH3 is 1. The Hall–Kier alpha value is -4.85. The van der Waals surface area contributed by atoms with Crippen molar-refractivity contribution >= 4 is 29.0 Å². The van der Waals surface area contributed by atoms with Gasteiger partial charge in [0.25, 0.3) is 0 Å². The Bertz CT molecular complexity index is 1560. The van der Waals surface area contributed by atoms with Crippen molar-refractivity contribution in [2.24, 2.45) is 0 Å². The van der Waals surface area contributed by atoms with Gasteiger partial charge in [-0.3, -0.25) is 0 Å². The van der Waals surface area contributed by atoms with E-state index in [1.54, 1.807) is 10.7 Å². The van der Waals surface area contributed by atoms with Crippen LogP contribution in [0.25, 0.3) is 34.4 Å². The van der Waals surface area contributed by atoms with Gasteiger partial charge in [-0.05, 0) is 52.4 Å². The summed E-state index contributed by atoms with van der Waals surface area (Å²) < 4.78 is 7.05. The molecule has 35 heavy (non-hydrogen) atoms. The van der Waals surface area contributed by atoms with Crippen LogP contribution in [-0.2, 0) is 6.54 Å². The maximum absolute atomic E-state index is 11.3. The third-order valence-corrected chi connectivity index (χ3v) is 5.60. The van der Waals surface area contributed by atoms with Crippen LogP contribution >= 0.6 is 0 Å². The number of rotatable bonds is 7. The summed E-state index contributed by atoms with van der Waals surface area (Å²) in [4.78, 5) is 16.0. The third-order valence-electron chi connectivity index (χ3n) is 5.60. The maximum atomic E-state index is 11.3. The lowest BCUT2D eigenvalue weighted by atomic mass is 10.1. The number of hydrogen-bond donors (Lipinski definition) is 1. The fourth-order valence-corrected chi connectivity index (χ4v) is 3.83. The van der Waals surface area contributed by atoms with Crippen molar-refractivity contribution in [3.63, 3.8) is 0 Å². The number of nitrogens with zero attached hydrogens (tertiary/aromatic N) is 5. The molecule has 8 heteroatoms. The Morgan fingerprint density at radius 1 is 1.00 bits per heavy atom. The van der Waals surface area contributed by atoms with Crippen molar-refractivity contribution in [1.29, 1.82) is 0 Å². The van der Waals surface area contributed by atoms with Crippen LogP contribution in [0.5, 0.6) is 5.75 Å². The smallest absolute Gasteiger partial charge is 0.335 e. The van der Waals surface area contributed by atoms with Crippen LogP contribution in [0.4, 0.5) is 0 Å². The number of aromatic nitrogens is 5. The molecule has 2 heterocycles. The number of carboxylic acids is 1. The lowest BCUT2D eigenvalue weighted by molar-refractivity contribution is 0.0696. The molecule has 0 spiro atoms. The minimum Gasteiger partial charge on any atom is -0.496 e. The molecule has 0 radical (unpaired) electrons. The number of pyridine rings is 1. The largest absolute Gasteiger partial charge is 0.496 e.